The molecule has 0 fully saturated rings. The van der Waals surface area contributed by atoms with E-state index in [1.165, 1.54) is 0 Å². The third kappa shape index (κ3) is 9.36. The highest BCUT2D eigenvalue weighted by atomic mass is 35.5. The zero-order valence-corrected chi connectivity index (χ0v) is 21.8. The SMILES string of the molecule is CC(C)Oc1ccc(CCCOc2ccc(CNCCCO[PH](=O)O)cc2-c2ccco2)cc1Cl. The minimum atomic E-state index is -2.85. The van der Waals surface area contributed by atoms with Crippen LogP contribution in [-0.2, 0) is 22.1 Å². The normalized spacial score (nSPS) is 12.1. The van der Waals surface area contributed by atoms with Crippen molar-refractivity contribution in [3.8, 4) is 22.8 Å². The summed E-state index contributed by atoms with van der Waals surface area (Å²) in [4.78, 5) is 8.69. The quantitative estimate of drug-likeness (QED) is 0.180. The Balaban J connectivity index is 1.53. The minimum absolute atomic E-state index is 0.0810. The van der Waals surface area contributed by atoms with E-state index < -0.39 is 8.25 Å². The van der Waals surface area contributed by atoms with E-state index in [-0.39, 0.29) is 12.7 Å². The van der Waals surface area contributed by atoms with Crippen molar-refractivity contribution >= 4 is 19.9 Å². The number of halogens is 1. The van der Waals surface area contributed by atoms with Crippen LogP contribution in [0.4, 0.5) is 0 Å². The summed E-state index contributed by atoms with van der Waals surface area (Å²) in [5.74, 6) is 2.22. The van der Waals surface area contributed by atoms with Crippen LogP contribution in [0.25, 0.3) is 11.3 Å². The Hall–Kier alpha value is -2.28. The van der Waals surface area contributed by atoms with Gasteiger partial charge in [0.1, 0.15) is 17.3 Å². The van der Waals surface area contributed by atoms with E-state index in [0.29, 0.717) is 36.9 Å². The molecule has 0 bridgehead atoms. The second-order valence-electron chi connectivity index (χ2n) is 8.34. The van der Waals surface area contributed by atoms with E-state index >= 15 is 0 Å². The lowest BCUT2D eigenvalue weighted by Crippen LogP contribution is -2.16. The van der Waals surface area contributed by atoms with Crippen LogP contribution in [0.5, 0.6) is 11.5 Å². The van der Waals surface area contributed by atoms with Gasteiger partial charge < -0.3 is 28.6 Å². The molecule has 2 aromatic carbocycles. The Labute approximate surface area is 212 Å². The van der Waals surface area contributed by atoms with Gasteiger partial charge in [0.25, 0.3) is 0 Å². The molecule has 0 aliphatic rings. The van der Waals surface area contributed by atoms with Gasteiger partial charge in [0.15, 0.2) is 0 Å². The zero-order chi connectivity index (χ0) is 25.0. The molecule has 0 saturated heterocycles. The van der Waals surface area contributed by atoms with Crippen molar-refractivity contribution in [1.82, 2.24) is 5.32 Å². The number of benzene rings is 2. The lowest BCUT2D eigenvalue weighted by atomic mass is 10.1. The first kappa shape index (κ1) is 27.3. The van der Waals surface area contributed by atoms with Crippen molar-refractivity contribution < 1.29 is 27.9 Å². The molecule has 3 aromatic rings. The Morgan fingerprint density at radius 3 is 2.57 bits per heavy atom. The van der Waals surface area contributed by atoms with Gasteiger partial charge in [-0.2, -0.15) is 0 Å². The average molecular weight is 522 g/mol. The van der Waals surface area contributed by atoms with Gasteiger partial charge in [0.2, 0.25) is 0 Å². The second kappa shape index (κ2) is 14.3. The van der Waals surface area contributed by atoms with Gasteiger partial charge in [-0.3, -0.25) is 4.57 Å². The maximum Gasteiger partial charge on any atom is 0.316 e. The topological polar surface area (TPSA) is 90.2 Å². The molecule has 0 saturated carbocycles. The summed E-state index contributed by atoms with van der Waals surface area (Å²) < 4.78 is 32.7. The molecule has 0 amide bonds. The lowest BCUT2D eigenvalue weighted by Gasteiger charge is -2.14. The molecular weight excluding hydrogens is 489 g/mol. The average Bonchev–Trinajstić information content (AvgIpc) is 3.35. The third-order valence-corrected chi connectivity index (χ3v) is 5.86. The van der Waals surface area contributed by atoms with Crippen LogP contribution < -0.4 is 14.8 Å². The molecule has 0 aliphatic heterocycles. The van der Waals surface area contributed by atoms with Crippen LogP contribution in [-0.4, -0.2) is 30.8 Å². The number of ether oxygens (including phenoxy) is 2. The first-order valence-corrected chi connectivity index (χ1v) is 13.4. The van der Waals surface area contributed by atoms with Gasteiger partial charge in [0, 0.05) is 6.54 Å². The number of hydrogen-bond donors (Lipinski definition) is 2. The Bertz CT molecular complexity index is 1070. The fraction of sp³-hybridized carbons (Fsp3) is 0.385. The van der Waals surface area contributed by atoms with Crippen LogP contribution in [0.2, 0.25) is 5.02 Å². The number of furan rings is 1. The third-order valence-electron chi connectivity index (χ3n) is 5.11. The molecule has 0 radical (unpaired) electrons. The summed E-state index contributed by atoms with van der Waals surface area (Å²) in [5, 5.41) is 3.94. The maximum atomic E-state index is 10.6. The molecule has 0 spiro atoms. The van der Waals surface area contributed by atoms with Crippen LogP contribution in [0.15, 0.2) is 59.2 Å². The monoisotopic (exact) mass is 521 g/mol. The summed E-state index contributed by atoms with van der Waals surface area (Å²) in [6.45, 7) is 6.10. The Morgan fingerprint density at radius 1 is 1.06 bits per heavy atom. The van der Waals surface area contributed by atoms with Crippen LogP contribution in [0.3, 0.4) is 0 Å². The van der Waals surface area contributed by atoms with Gasteiger partial charge in [-0.15, -0.1) is 0 Å². The molecule has 190 valence electrons. The molecule has 2 N–H and O–H groups in total. The molecule has 7 nitrogen and oxygen atoms in total. The summed E-state index contributed by atoms with van der Waals surface area (Å²) in [5.41, 5.74) is 3.12. The first-order valence-electron chi connectivity index (χ1n) is 11.7. The summed E-state index contributed by atoms with van der Waals surface area (Å²) in [6.07, 6.45) is 4.06. The van der Waals surface area contributed by atoms with E-state index in [2.05, 4.69) is 11.4 Å². The highest BCUT2D eigenvalue weighted by Gasteiger charge is 2.11. The van der Waals surface area contributed by atoms with Gasteiger partial charge >= 0.3 is 8.25 Å². The van der Waals surface area contributed by atoms with E-state index in [9.17, 15) is 4.57 Å². The highest BCUT2D eigenvalue weighted by molar-refractivity contribution is 7.32. The predicted octanol–water partition coefficient (Wildman–Crippen LogP) is 6.28. The second-order valence-corrected chi connectivity index (χ2v) is 9.56. The molecule has 35 heavy (non-hydrogen) atoms. The zero-order valence-electron chi connectivity index (χ0n) is 20.1. The van der Waals surface area contributed by atoms with Crippen molar-refractivity contribution in [2.24, 2.45) is 0 Å². The van der Waals surface area contributed by atoms with Crippen molar-refractivity contribution in [1.29, 1.82) is 0 Å². The Kier molecular flexibility index (Phi) is 11.2. The van der Waals surface area contributed by atoms with Gasteiger partial charge in [-0.05, 0) is 87.2 Å². The maximum absolute atomic E-state index is 10.6. The minimum Gasteiger partial charge on any atom is -0.493 e. The summed E-state index contributed by atoms with van der Waals surface area (Å²) in [7, 11) is -2.85. The van der Waals surface area contributed by atoms with E-state index in [1.54, 1.807) is 6.26 Å². The van der Waals surface area contributed by atoms with Gasteiger partial charge in [-0.1, -0.05) is 23.7 Å². The highest BCUT2D eigenvalue weighted by Crippen LogP contribution is 2.32. The predicted molar refractivity (Wildman–Crippen MR) is 139 cm³/mol. The van der Waals surface area contributed by atoms with Gasteiger partial charge in [-0.25, -0.2) is 0 Å². The molecule has 1 unspecified atom stereocenters. The number of rotatable bonds is 15. The molecule has 1 aromatic heterocycles. The Morgan fingerprint density at radius 2 is 1.86 bits per heavy atom. The molecule has 3 rings (SSSR count). The standard InChI is InChI=1S/C26H33ClNO6P/c1-19(2)34-26-11-8-20(17-23(26)27)6-3-13-32-25-10-9-21(16-22(25)24-7-4-14-31-24)18-28-12-5-15-33-35(29)30/h4,7-11,14,16-17,19,28,35H,3,5-6,12-13,15,18H2,1-2H3,(H,29,30). The molecule has 1 atom stereocenters. The molecule has 9 heteroatoms. The summed E-state index contributed by atoms with van der Waals surface area (Å²) >= 11 is 6.35. The number of aryl methyl sites for hydroxylation is 1. The van der Waals surface area contributed by atoms with Crippen molar-refractivity contribution in [2.75, 3.05) is 19.8 Å². The number of nitrogens with one attached hydrogen (secondary N) is 1. The van der Waals surface area contributed by atoms with Crippen molar-refractivity contribution in [3.63, 3.8) is 0 Å². The lowest BCUT2D eigenvalue weighted by molar-refractivity contribution is 0.242. The molecule has 1 heterocycles. The van der Waals surface area contributed by atoms with E-state index in [1.807, 2.05) is 56.3 Å². The molecule has 0 aliphatic carbocycles. The van der Waals surface area contributed by atoms with E-state index in [0.717, 1.165) is 41.0 Å². The van der Waals surface area contributed by atoms with Crippen LogP contribution >= 0.6 is 19.9 Å². The van der Waals surface area contributed by atoms with Crippen LogP contribution in [0, 0.1) is 0 Å². The van der Waals surface area contributed by atoms with Crippen molar-refractivity contribution in [3.05, 3.63) is 70.9 Å². The smallest absolute Gasteiger partial charge is 0.316 e. The fourth-order valence-corrected chi connectivity index (χ4v) is 4.10. The molecular formula is C26H33ClNO6P. The fourth-order valence-electron chi connectivity index (χ4n) is 3.53. The van der Waals surface area contributed by atoms with Gasteiger partial charge in [0.05, 0.1) is 36.2 Å². The summed E-state index contributed by atoms with van der Waals surface area (Å²) in [6, 6.07) is 15.7. The first-order chi connectivity index (χ1) is 16.9. The van der Waals surface area contributed by atoms with Crippen molar-refractivity contribution in [2.45, 2.75) is 45.8 Å². The van der Waals surface area contributed by atoms with E-state index in [4.69, 9.17) is 34.9 Å². The number of hydrogen-bond acceptors (Lipinski definition) is 6. The largest absolute Gasteiger partial charge is 0.493 e. The van der Waals surface area contributed by atoms with Crippen LogP contribution in [0.1, 0.15) is 37.8 Å².